The van der Waals surface area contributed by atoms with Gasteiger partial charge in [0.25, 0.3) is 0 Å². The number of nitrogens with one attached hydrogen (secondary N) is 1. The highest BCUT2D eigenvalue weighted by molar-refractivity contribution is 8.77. The molecular weight excluding hydrogens is 164 g/mol. The van der Waals surface area contributed by atoms with Gasteiger partial charge in [-0.1, -0.05) is 4.89 Å². The number of hydrogen-bond donors (Lipinski definition) is 2. The van der Waals surface area contributed by atoms with E-state index in [1.807, 2.05) is 4.89 Å². The first-order chi connectivity index (χ1) is 4.27. The molecule has 5 nitrogen and oxygen atoms in total. The zero-order chi connectivity index (χ0) is 7.11. The minimum absolute atomic E-state index is 0.773. The van der Waals surface area contributed by atoms with Gasteiger partial charge in [0.15, 0.2) is 0 Å². The average Bonchev–Trinajstić information content (AvgIpc) is 1.80. The zero-order valence-electron chi connectivity index (χ0n) is 4.03. The minimum Gasteiger partial charge on any atom is -0.448 e. The number of carbonyl (C=O) groups is 1. The maximum atomic E-state index is 9.57. The average molecular weight is 166 g/mol. The molecule has 9 heavy (non-hydrogen) atoms. The molecule has 0 spiro atoms. The molecule has 0 atom stereocenters. The van der Waals surface area contributed by atoms with Crippen LogP contribution in [0.1, 0.15) is 0 Å². The first kappa shape index (κ1) is 8.42. The third-order valence-corrected chi connectivity index (χ3v) is 1.23. The monoisotopic (exact) mass is 166 g/mol. The number of thiocyanates is 1. The van der Waals surface area contributed by atoms with Gasteiger partial charge in [-0.15, -0.1) is 0 Å². The molecule has 0 rings (SSSR count). The fraction of sp³-hybridized carbons (Fsp3) is 0. The molecule has 0 aliphatic carbocycles. The van der Waals surface area contributed by atoms with Crippen molar-refractivity contribution in [3.05, 3.63) is 0 Å². The summed E-state index contributed by atoms with van der Waals surface area (Å²) in [5.41, 5.74) is 0. The van der Waals surface area contributed by atoms with E-state index in [2.05, 4.69) is 4.84 Å². The molecule has 0 aromatic rings. The molecule has 0 unspecified atom stereocenters. The van der Waals surface area contributed by atoms with Crippen LogP contribution in [0.2, 0.25) is 0 Å². The molecule has 0 amide bonds. The van der Waals surface area contributed by atoms with Crippen molar-refractivity contribution in [3.63, 3.8) is 0 Å². The van der Waals surface area contributed by atoms with Gasteiger partial charge in [-0.2, -0.15) is 5.26 Å². The molecular formula is C2H2N2O3S2. The summed E-state index contributed by atoms with van der Waals surface area (Å²) in [5.74, 6) is 0. The predicted molar refractivity (Wildman–Crippen MR) is 33.0 cm³/mol. The Morgan fingerprint density at radius 3 is 3.00 bits per heavy atom. The van der Waals surface area contributed by atoms with Crippen LogP contribution in [-0.2, 0) is 4.84 Å². The van der Waals surface area contributed by atoms with Crippen LogP contribution in [0.25, 0.3) is 0 Å². The summed E-state index contributed by atoms with van der Waals surface area (Å²) in [7, 11) is 1.56. The van der Waals surface area contributed by atoms with Crippen molar-refractivity contribution in [2.75, 3.05) is 0 Å². The summed E-state index contributed by atoms with van der Waals surface area (Å²) in [6, 6.07) is 0. The van der Waals surface area contributed by atoms with Gasteiger partial charge >= 0.3 is 6.16 Å². The second-order valence-electron chi connectivity index (χ2n) is 0.709. The molecule has 0 aliphatic heterocycles. The van der Waals surface area contributed by atoms with Gasteiger partial charge in [-0.3, -0.25) is 0 Å². The fourth-order valence-corrected chi connectivity index (χ4v) is 0.581. The van der Waals surface area contributed by atoms with E-state index in [1.54, 1.807) is 5.40 Å². The van der Waals surface area contributed by atoms with Crippen LogP contribution in [0, 0.1) is 10.7 Å². The van der Waals surface area contributed by atoms with Crippen molar-refractivity contribution >= 4 is 27.9 Å². The van der Waals surface area contributed by atoms with Gasteiger partial charge in [0.05, 0.1) is 0 Å². The van der Waals surface area contributed by atoms with E-state index < -0.39 is 6.16 Å². The highest BCUT2D eigenvalue weighted by Crippen LogP contribution is 2.13. The zero-order valence-corrected chi connectivity index (χ0v) is 5.66. The third-order valence-electron chi connectivity index (χ3n) is 0.242. The van der Waals surface area contributed by atoms with Crippen LogP contribution in [-0.4, -0.2) is 11.3 Å². The summed E-state index contributed by atoms with van der Waals surface area (Å²) < 4.78 is 0. The number of rotatable bonds is 3. The lowest BCUT2D eigenvalue weighted by molar-refractivity contribution is 0.0767. The highest BCUT2D eigenvalue weighted by Gasteiger charge is 1.93. The van der Waals surface area contributed by atoms with Crippen molar-refractivity contribution in [1.29, 1.82) is 5.26 Å². The minimum atomic E-state index is -1.43. The van der Waals surface area contributed by atoms with Gasteiger partial charge in [0.1, 0.15) is 5.40 Å². The summed E-state index contributed by atoms with van der Waals surface area (Å²) in [6.07, 6.45) is -1.43. The van der Waals surface area contributed by atoms with E-state index in [9.17, 15) is 4.79 Å². The Morgan fingerprint density at radius 1 is 1.89 bits per heavy atom. The van der Waals surface area contributed by atoms with E-state index in [0.29, 0.717) is 0 Å². The van der Waals surface area contributed by atoms with Gasteiger partial charge in [0, 0.05) is 21.8 Å². The first-order valence-corrected chi connectivity index (χ1v) is 3.78. The molecule has 0 saturated heterocycles. The molecule has 0 aromatic carbocycles. The van der Waals surface area contributed by atoms with Crippen molar-refractivity contribution in [2.45, 2.75) is 0 Å². The first-order valence-electron chi connectivity index (χ1n) is 1.63. The Hall–Kier alpha value is -0.580. The lowest BCUT2D eigenvalue weighted by atomic mass is 11.4. The number of nitrogens with zero attached hydrogens (tertiary/aromatic N) is 1. The largest absolute Gasteiger partial charge is 0.526 e. The van der Waals surface area contributed by atoms with Gasteiger partial charge < -0.3 is 9.94 Å². The molecule has 0 heterocycles. The Kier molecular flexibility index (Phi) is 5.20. The van der Waals surface area contributed by atoms with E-state index in [4.69, 9.17) is 10.4 Å². The van der Waals surface area contributed by atoms with Crippen LogP contribution in [0.4, 0.5) is 4.79 Å². The van der Waals surface area contributed by atoms with Gasteiger partial charge in [-0.25, -0.2) is 4.79 Å². The Balaban J connectivity index is 2.94. The van der Waals surface area contributed by atoms with Crippen LogP contribution in [0.15, 0.2) is 0 Å². The summed E-state index contributed by atoms with van der Waals surface area (Å²) in [4.78, 5) is 15.3. The second kappa shape index (κ2) is 5.55. The van der Waals surface area contributed by atoms with E-state index in [-0.39, 0.29) is 0 Å². The molecule has 0 fully saturated rings. The SMILES string of the molecule is N#CSSNOC(=O)O. The smallest absolute Gasteiger partial charge is 0.448 e. The van der Waals surface area contributed by atoms with Gasteiger partial charge in [0.2, 0.25) is 0 Å². The maximum Gasteiger partial charge on any atom is 0.526 e. The third kappa shape index (κ3) is 7.42. The number of hydrogen-bond acceptors (Lipinski definition) is 6. The topological polar surface area (TPSA) is 82.3 Å². The molecule has 0 aromatic heterocycles. The van der Waals surface area contributed by atoms with Crippen LogP contribution in [0.5, 0.6) is 0 Å². The maximum absolute atomic E-state index is 9.57. The van der Waals surface area contributed by atoms with Crippen LogP contribution >= 0.6 is 21.8 Å². The molecule has 0 radical (unpaired) electrons. The van der Waals surface area contributed by atoms with Crippen molar-refractivity contribution < 1.29 is 14.7 Å². The van der Waals surface area contributed by atoms with E-state index >= 15 is 0 Å². The summed E-state index contributed by atoms with van der Waals surface area (Å²) in [5, 5.41) is 17.4. The second-order valence-corrected chi connectivity index (χ2v) is 2.39. The van der Waals surface area contributed by atoms with Crippen molar-refractivity contribution in [3.8, 4) is 5.40 Å². The lowest BCUT2D eigenvalue weighted by Crippen LogP contribution is -2.08. The van der Waals surface area contributed by atoms with E-state index in [1.165, 1.54) is 0 Å². The normalized spacial score (nSPS) is 7.89. The molecule has 0 saturated carbocycles. The molecule has 2 N–H and O–H groups in total. The fourth-order valence-electron chi connectivity index (χ4n) is 0.0883. The quantitative estimate of drug-likeness (QED) is 0.212. The standard InChI is InChI=1S/C2H2N2O3S2/c3-1-8-9-4-7-2(5)6/h4H,(H,5,6). The number of carboxylic acid groups (broad SMARTS) is 1. The molecule has 0 bridgehead atoms. The van der Waals surface area contributed by atoms with Crippen molar-refractivity contribution in [1.82, 2.24) is 4.89 Å². The molecule has 7 heteroatoms. The summed E-state index contributed by atoms with van der Waals surface area (Å²) >= 11 is 0. The molecule has 0 aliphatic rings. The molecule has 50 valence electrons. The van der Waals surface area contributed by atoms with Gasteiger partial charge in [-0.05, 0) is 0 Å². The Morgan fingerprint density at radius 2 is 2.56 bits per heavy atom. The Labute approximate surface area is 58.9 Å². The van der Waals surface area contributed by atoms with Crippen LogP contribution in [0.3, 0.4) is 0 Å². The van der Waals surface area contributed by atoms with Crippen LogP contribution < -0.4 is 4.89 Å². The van der Waals surface area contributed by atoms with Crippen molar-refractivity contribution in [2.24, 2.45) is 0 Å². The Bertz CT molecular complexity index is 132. The predicted octanol–water partition coefficient (Wildman–Crippen LogP) is 0.963. The number of nitriles is 1. The summed E-state index contributed by atoms with van der Waals surface area (Å²) in [6.45, 7) is 0. The van der Waals surface area contributed by atoms with E-state index in [0.717, 1.165) is 21.8 Å². The highest BCUT2D eigenvalue weighted by atomic mass is 33.1. The lowest BCUT2D eigenvalue weighted by Gasteiger charge is -1.93.